The molecule has 1 unspecified atom stereocenters. The highest BCUT2D eigenvalue weighted by Crippen LogP contribution is 2.35. The summed E-state index contributed by atoms with van der Waals surface area (Å²) in [7, 11) is -3.58. The summed E-state index contributed by atoms with van der Waals surface area (Å²) in [6, 6.07) is 13.8. The van der Waals surface area contributed by atoms with Gasteiger partial charge in [-0.15, -0.1) is 0 Å². The highest BCUT2D eigenvalue weighted by Gasteiger charge is 2.38. The number of piperidine rings is 1. The van der Waals surface area contributed by atoms with Crippen molar-refractivity contribution in [1.29, 1.82) is 0 Å². The van der Waals surface area contributed by atoms with Crippen LogP contribution in [-0.4, -0.2) is 43.7 Å². The van der Waals surface area contributed by atoms with Crippen LogP contribution in [0.25, 0.3) is 0 Å². The van der Waals surface area contributed by atoms with Crippen LogP contribution in [0.2, 0.25) is 0 Å². The predicted molar refractivity (Wildman–Crippen MR) is 123 cm³/mol. The first kappa shape index (κ1) is 22.5. The molecule has 4 rings (SSSR count). The molecular weight excluding hydrogens is 426 g/mol. The van der Waals surface area contributed by atoms with Crippen LogP contribution in [0.5, 0.6) is 0 Å². The Morgan fingerprint density at radius 3 is 2.44 bits per heavy atom. The Hall–Kier alpha value is -2.71. The van der Waals surface area contributed by atoms with Crippen molar-refractivity contribution >= 4 is 27.5 Å². The molecule has 2 amide bonds. The molecule has 2 heterocycles. The highest BCUT2D eigenvalue weighted by molar-refractivity contribution is 7.89. The predicted octanol–water partition coefficient (Wildman–Crippen LogP) is 2.85. The molecule has 32 heavy (non-hydrogen) atoms. The lowest BCUT2D eigenvalue weighted by Gasteiger charge is -2.26. The van der Waals surface area contributed by atoms with E-state index in [1.165, 1.54) is 9.21 Å². The number of nitrogens with one attached hydrogen (secondary N) is 1. The Bertz CT molecular complexity index is 1100. The molecule has 0 saturated carbocycles. The molecule has 1 N–H and O–H groups in total. The number of hydrogen-bond donors (Lipinski definition) is 1. The number of anilines is 1. The van der Waals surface area contributed by atoms with Gasteiger partial charge < -0.3 is 5.32 Å². The van der Waals surface area contributed by atoms with Crippen molar-refractivity contribution in [1.82, 2.24) is 9.62 Å². The van der Waals surface area contributed by atoms with E-state index in [1.54, 1.807) is 25.1 Å². The number of sulfonamides is 1. The molecule has 0 aromatic heterocycles. The van der Waals surface area contributed by atoms with Gasteiger partial charge in [0.15, 0.2) is 0 Å². The summed E-state index contributed by atoms with van der Waals surface area (Å²) in [6.07, 6.45) is 3.34. The summed E-state index contributed by atoms with van der Waals surface area (Å²) in [5, 5.41) is 2.92. The van der Waals surface area contributed by atoms with Crippen molar-refractivity contribution in [3.8, 4) is 0 Å². The SMILES string of the molecule is CCC(=O)N1c2ccc(S(=O)(=O)N3CCCCC3)cc2CC1C(=O)NCc1ccccc1. The largest absolute Gasteiger partial charge is 0.350 e. The van der Waals surface area contributed by atoms with Crippen LogP contribution in [-0.2, 0) is 32.6 Å². The third kappa shape index (κ3) is 4.42. The second-order valence-electron chi connectivity index (χ2n) is 8.30. The molecule has 2 aliphatic heterocycles. The van der Waals surface area contributed by atoms with Crippen LogP contribution < -0.4 is 10.2 Å². The number of hydrogen-bond acceptors (Lipinski definition) is 4. The maximum atomic E-state index is 13.1. The minimum Gasteiger partial charge on any atom is -0.350 e. The summed E-state index contributed by atoms with van der Waals surface area (Å²) in [4.78, 5) is 27.5. The molecule has 8 heteroatoms. The van der Waals surface area contributed by atoms with E-state index in [1.807, 2.05) is 30.3 Å². The lowest BCUT2D eigenvalue weighted by atomic mass is 10.1. The Balaban J connectivity index is 1.57. The third-order valence-corrected chi connectivity index (χ3v) is 8.07. The molecule has 2 aliphatic rings. The van der Waals surface area contributed by atoms with E-state index in [0.717, 1.165) is 24.8 Å². The molecule has 1 atom stereocenters. The first-order valence-electron chi connectivity index (χ1n) is 11.2. The molecule has 2 aromatic rings. The summed E-state index contributed by atoms with van der Waals surface area (Å²) in [5.74, 6) is -0.400. The Labute approximate surface area is 189 Å². The van der Waals surface area contributed by atoms with E-state index in [-0.39, 0.29) is 23.1 Å². The number of rotatable bonds is 6. The number of nitrogens with zero attached hydrogens (tertiary/aromatic N) is 2. The van der Waals surface area contributed by atoms with Crippen molar-refractivity contribution < 1.29 is 18.0 Å². The van der Waals surface area contributed by atoms with Crippen LogP contribution in [0.3, 0.4) is 0 Å². The minimum atomic E-state index is -3.58. The molecule has 1 fully saturated rings. The zero-order valence-electron chi connectivity index (χ0n) is 18.3. The average molecular weight is 456 g/mol. The normalized spacial score (nSPS) is 18.9. The van der Waals surface area contributed by atoms with Crippen molar-refractivity contribution in [3.05, 3.63) is 59.7 Å². The first-order chi connectivity index (χ1) is 15.4. The van der Waals surface area contributed by atoms with Gasteiger partial charge in [0.05, 0.1) is 4.90 Å². The Morgan fingerprint density at radius 1 is 1.03 bits per heavy atom. The number of fused-ring (bicyclic) bond motifs is 1. The average Bonchev–Trinajstić information content (AvgIpc) is 3.22. The van der Waals surface area contributed by atoms with Gasteiger partial charge in [0, 0.05) is 38.2 Å². The third-order valence-electron chi connectivity index (χ3n) is 6.17. The molecule has 0 radical (unpaired) electrons. The lowest BCUT2D eigenvalue weighted by Crippen LogP contribution is -2.47. The fraction of sp³-hybridized carbons (Fsp3) is 0.417. The van der Waals surface area contributed by atoms with E-state index in [9.17, 15) is 18.0 Å². The molecule has 7 nitrogen and oxygen atoms in total. The summed E-state index contributed by atoms with van der Waals surface area (Å²) < 4.78 is 27.7. The molecule has 0 bridgehead atoms. The zero-order valence-corrected chi connectivity index (χ0v) is 19.1. The number of amides is 2. The maximum absolute atomic E-state index is 13.1. The molecule has 0 aliphatic carbocycles. The Morgan fingerprint density at radius 2 is 1.75 bits per heavy atom. The molecule has 1 saturated heterocycles. The first-order valence-corrected chi connectivity index (χ1v) is 12.6. The van der Waals surface area contributed by atoms with Gasteiger partial charge in [-0.25, -0.2) is 8.42 Å². The standard InChI is InChI=1S/C24H29N3O4S/c1-2-23(28)27-21-12-11-20(32(30,31)26-13-7-4-8-14-26)15-19(21)16-22(27)24(29)25-17-18-9-5-3-6-10-18/h3,5-6,9-12,15,22H,2,4,7-8,13-14,16-17H2,1H3,(H,25,29). The van der Waals surface area contributed by atoms with E-state index in [0.29, 0.717) is 37.3 Å². The van der Waals surface area contributed by atoms with Gasteiger partial charge in [0.25, 0.3) is 0 Å². The van der Waals surface area contributed by atoms with Crippen LogP contribution in [0.1, 0.15) is 43.7 Å². The molecule has 0 spiro atoms. The lowest BCUT2D eigenvalue weighted by molar-refractivity contribution is -0.126. The summed E-state index contributed by atoms with van der Waals surface area (Å²) >= 11 is 0. The van der Waals surface area contributed by atoms with Crippen molar-refractivity contribution in [2.45, 2.75) is 56.5 Å². The topological polar surface area (TPSA) is 86.8 Å². The molecule has 2 aromatic carbocycles. The second kappa shape index (κ2) is 9.42. The van der Waals surface area contributed by atoms with E-state index in [4.69, 9.17) is 0 Å². The molecule has 170 valence electrons. The van der Waals surface area contributed by atoms with Crippen LogP contribution in [0.15, 0.2) is 53.4 Å². The maximum Gasteiger partial charge on any atom is 0.243 e. The van der Waals surface area contributed by atoms with Gasteiger partial charge in [0.1, 0.15) is 6.04 Å². The van der Waals surface area contributed by atoms with E-state index in [2.05, 4.69) is 5.32 Å². The van der Waals surface area contributed by atoms with Crippen molar-refractivity contribution in [2.24, 2.45) is 0 Å². The van der Waals surface area contributed by atoms with Crippen LogP contribution in [0.4, 0.5) is 5.69 Å². The second-order valence-corrected chi connectivity index (χ2v) is 10.2. The van der Waals surface area contributed by atoms with Crippen LogP contribution in [0, 0.1) is 0 Å². The van der Waals surface area contributed by atoms with Gasteiger partial charge in [0.2, 0.25) is 21.8 Å². The van der Waals surface area contributed by atoms with Crippen LogP contribution >= 0.6 is 0 Å². The van der Waals surface area contributed by atoms with Gasteiger partial charge in [-0.3, -0.25) is 14.5 Å². The summed E-state index contributed by atoms with van der Waals surface area (Å²) in [5.41, 5.74) is 2.30. The number of carbonyl (C=O) groups excluding carboxylic acids is 2. The van der Waals surface area contributed by atoms with Gasteiger partial charge >= 0.3 is 0 Å². The number of carbonyl (C=O) groups is 2. The van der Waals surface area contributed by atoms with E-state index < -0.39 is 16.1 Å². The van der Waals surface area contributed by atoms with Gasteiger partial charge in [-0.2, -0.15) is 4.31 Å². The quantitative estimate of drug-likeness (QED) is 0.726. The van der Waals surface area contributed by atoms with Gasteiger partial charge in [-0.05, 0) is 42.2 Å². The smallest absolute Gasteiger partial charge is 0.243 e. The molecular formula is C24H29N3O4S. The Kier molecular flexibility index (Phi) is 6.62. The van der Waals surface area contributed by atoms with Crippen molar-refractivity contribution in [3.63, 3.8) is 0 Å². The summed E-state index contributed by atoms with van der Waals surface area (Å²) in [6.45, 7) is 3.19. The zero-order chi connectivity index (χ0) is 22.7. The number of benzene rings is 2. The van der Waals surface area contributed by atoms with Gasteiger partial charge in [-0.1, -0.05) is 43.7 Å². The fourth-order valence-electron chi connectivity index (χ4n) is 4.43. The fourth-order valence-corrected chi connectivity index (χ4v) is 6.00. The van der Waals surface area contributed by atoms with Crippen molar-refractivity contribution in [2.75, 3.05) is 18.0 Å². The monoisotopic (exact) mass is 455 g/mol. The minimum absolute atomic E-state index is 0.157. The highest BCUT2D eigenvalue weighted by atomic mass is 32.2. The van der Waals surface area contributed by atoms with E-state index >= 15 is 0 Å².